The summed E-state index contributed by atoms with van der Waals surface area (Å²) in [6, 6.07) is 14.9. The molecule has 0 aliphatic carbocycles. The van der Waals surface area contributed by atoms with Gasteiger partial charge in [0, 0.05) is 21.9 Å². The number of benzene rings is 2. The quantitative estimate of drug-likeness (QED) is 0.753. The Bertz CT molecular complexity index is 1040. The number of fused-ring (bicyclic) bond motifs is 1. The monoisotopic (exact) mass is 381 g/mol. The number of amides is 1. The molecule has 2 heterocycles. The second kappa shape index (κ2) is 7.00. The van der Waals surface area contributed by atoms with Gasteiger partial charge in [-0.05, 0) is 37.3 Å². The van der Waals surface area contributed by atoms with Crippen molar-refractivity contribution in [3.8, 4) is 11.4 Å². The van der Waals surface area contributed by atoms with Crippen LogP contribution in [0.1, 0.15) is 27.2 Å². The third-order valence-corrected chi connectivity index (χ3v) is 5.72. The summed E-state index contributed by atoms with van der Waals surface area (Å²) < 4.78 is 18.9. The van der Waals surface area contributed by atoms with Crippen LogP contribution >= 0.6 is 0 Å². The molecule has 2 aromatic carbocycles. The summed E-state index contributed by atoms with van der Waals surface area (Å²) in [6.45, 7) is 2.02. The Morgan fingerprint density at radius 1 is 1.19 bits per heavy atom. The van der Waals surface area contributed by atoms with Crippen LogP contribution in [-0.4, -0.2) is 27.0 Å². The van der Waals surface area contributed by atoms with Crippen LogP contribution in [0.3, 0.4) is 0 Å². The van der Waals surface area contributed by atoms with Crippen molar-refractivity contribution < 1.29 is 13.7 Å². The van der Waals surface area contributed by atoms with Crippen molar-refractivity contribution >= 4 is 22.5 Å². The Labute approximate surface area is 159 Å². The highest BCUT2D eigenvalue weighted by Gasteiger charge is 2.28. The van der Waals surface area contributed by atoms with Gasteiger partial charge in [-0.25, -0.2) is 4.68 Å². The largest absolute Gasteiger partial charge is 0.497 e. The third kappa shape index (κ3) is 3.38. The van der Waals surface area contributed by atoms with E-state index in [0.29, 0.717) is 28.6 Å². The molecule has 1 aromatic heterocycles. The zero-order valence-electron chi connectivity index (χ0n) is 15.1. The molecule has 0 spiro atoms. The Hall–Kier alpha value is -2.93. The number of hydrogen-bond acceptors (Lipinski definition) is 4. The molecule has 1 atom stereocenters. The van der Waals surface area contributed by atoms with Gasteiger partial charge in [-0.15, -0.1) is 0 Å². The number of aromatic nitrogens is 2. The van der Waals surface area contributed by atoms with E-state index < -0.39 is 10.8 Å². The smallest absolute Gasteiger partial charge is 0.256 e. The predicted molar refractivity (Wildman–Crippen MR) is 105 cm³/mol. The number of methoxy groups -OCH3 is 1. The number of carbonyl (C=O) groups is 1. The summed E-state index contributed by atoms with van der Waals surface area (Å²) in [5, 5.41) is 7.57. The summed E-state index contributed by atoms with van der Waals surface area (Å²) in [4.78, 5) is 12.8. The average Bonchev–Trinajstić information content (AvgIpc) is 3.19. The molecule has 0 saturated heterocycles. The maximum atomic E-state index is 12.8. The minimum atomic E-state index is -0.978. The van der Waals surface area contributed by atoms with Crippen LogP contribution in [0.25, 0.3) is 5.69 Å². The molecular formula is C20H19N3O3S. The molecule has 3 aromatic rings. The van der Waals surface area contributed by atoms with Gasteiger partial charge in [-0.2, -0.15) is 5.10 Å². The molecule has 0 unspecified atom stereocenters. The van der Waals surface area contributed by atoms with Gasteiger partial charge in [0.1, 0.15) is 11.6 Å². The van der Waals surface area contributed by atoms with Crippen LogP contribution < -0.4 is 10.1 Å². The zero-order valence-corrected chi connectivity index (χ0v) is 15.9. The van der Waals surface area contributed by atoms with Gasteiger partial charge in [-0.3, -0.25) is 9.00 Å². The SMILES string of the molecule is COc1cccc(C(=O)Nc2c3c(nn2-c2ccc(C)cc2)C[S@](=O)C3)c1. The third-order valence-electron chi connectivity index (χ3n) is 4.51. The van der Waals surface area contributed by atoms with E-state index in [1.165, 1.54) is 0 Å². The van der Waals surface area contributed by atoms with E-state index in [1.807, 2.05) is 31.2 Å². The van der Waals surface area contributed by atoms with Gasteiger partial charge in [0.15, 0.2) is 0 Å². The zero-order chi connectivity index (χ0) is 19.0. The minimum Gasteiger partial charge on any atom is -0.497 e. The number of nitrogens with one attached hydrogen (secondary N) is 1. The van der Waals surface area contributed by atoms with Crippen molar-refractivity contribution in [3.05, 3.63) is 70.9 Å². The van der Waals surface area contributed by atoms with E-state index in [0.717, 1.165) is 22.5 Å². The topological polar surface area (TPSA) is 73.2 Å². The lowest BCUT2D eigenvalue weighted by Crippen LogP contribution is -2.16. The number of ether oxygens (including phenoxy) is 1. The fourth-order valence-electron chi connectivity index (χ4n) is 3.07. The van der Waals surface area contributed by atoms with Crippen LogP contribution in [-0.2, 0) is 22.3 Å². The number of anilines is 1. The standard InChI is InChI=1S/C20H19N3O3S/c1-13-6-8-15(9-7-13)23-19(17-11-27(25)12-18(17)22-23)21-20(24)14-4-3-5-16(10-14)26-2/h3-10H,11-12H2,1-2H3,(H,21,24)/t27-/m1/s1. The van der Waals surface area contributed by atoms with Gasteiger partial charge >= 0.3 is 0 Å². The van der Waals surface area contributed by atoms with Crippen molar-refractivity contribution in [2.75, 3.05) is 12.4 Å². The van der Waals surface area contributed by atoms with Crippen LogP contribution in [0.2, 0.25) is 0 Å². The molecule has 6 nitrogen and oxygen atoms in total. The number of hydrogen-bond donors (Lipinski definition) is 1. The van der Waals surface area contributed by atoms with E-state index >= 15 is 0 Å². The predicted octanol–water partition coefficient (Wildman–Crippen LogP) is 3.20. The van der Waals surface area contributed by atoms with Gasteiger partial charge < -0.3 is 10.1 Å². The highest BCUT2D eigenvalue weighted by atomic mass is 32.2. The summed E-state index contributed by atoms with van der Waals surface area (Å²) in [6.07, 6.45) is 0. The highest BCUT2D eigenvalue weighted by Crippen LogP contribution is 2.31. The molecule has 4 rings (SSSR count). The second-order valence-corrected chi connectivity index (χ2v) is 7.89. The molecule has 1 aliphatic heterocycles. The molecule has 7 heteroatoms. The van der Waals surface area contributed by atoms with Crippen molar-refractivity contribution in [2.45, 2.75) is 18.4 Å². The lowest BCUT2D eigenvalue weighted by Gasteiger charge is -2.12. The fourth-order valence-corrected chi connectivity index (χ4v) is 4.34. The van der Waals surface area contributed by atoms with Crippen molar-refractivity contribution in [1.29, 1.82) is 0 Å². The first kappa shape index (κ1) is 17.5. The molecule has 0 fully saturated rings. The molecule has 1 aliphatic rings. The van der Waals surface area contributed by atoms with E-state index in [2.05, 4.69) is 10.4 Å². The Morgan fingerprint density at radius 2 is 1.96 bits per heavy atom. The molecule has 0 saturated carbocycles. The highest BCUT2D eigenvalue weighted by molar-refractivity contribution is 7.83. The Kier molecular flexibility index (Phi) is 4.53. The fraction of sp³-hybridized carbons (Fsp3) is 0.200. The van der Waals surface area contributed by atoms with Gasteiger partial charge in [-0.1, -0.05) is 23.8 Å². The maximum Gasteiger partial charge on any atom is 0.256 e. The number of rotatable bonds is 4. The number of aryl methyl sites for hydroxylation is 1. The summed E-state index contributed by atoms with van der Waals surface area (Å²) in [5.74, 6) is 1.74. The molecule has 138 valence electrons. The molecule has 1 N–H and O–H groups in total. The maximum absolute atomic E-state index is 12.8. The van der Waals surface area contributed by atoms with Gasteiger partial charge in [0.2, 0.25) is 0 Å². The first-order valence-corrected chi connectivity index (χ1v) is 10.0. The summed E-state index contributed by atoms with van der Waals surface area (Å²) in [5.41, 5.74) is 4.09. The Morgan fingerprint density at radius 3 is 2.70 bits per heavy atom. The Balaban J connectivity index is 1.73. The molecule has 1 amide bonds. The summed E-state index contributed by atoms with van der Waals surface area (Å²) >= 11 is 0. The van der Waals surface area contributed by atoms with E-state index in [4.69, 9.17) is 4.74 Å². The van der Waals surface area contributed by atoms with Crippen LogP contribution in [0.15, 0.2) is 48.5 Å². The minimum absolute atomic E-state index is 0.261. The molecular weight excluding hydrogens is 362 g/mol. The first-order valence-electron chi connectivity index (χ1n) is 8.53. The second-order valence-electron chi connectivity index (χ2n) is 6.44. The van der Waals surface area contributed by atoms with Gasteiger partial charge in [0.25, 0.3) is 5.91 Å². The number of nitrogens with zero attached hydrogens (tertiary/aromatic N) is 2. The summed E-state index contributed by atoms with van der Waals surface area (Å²) in [7, 11) is 0.583. The van der Waals surface area contributed by atoms with Crippen LogP contribution in [0.5, 0.6) is 5.75 Å². The molecule has 0 radical (unpaired) electrons. The lowest BCUT2D eigenvalue weighted by molar-refractivity contribution is 0.102. The van der Waals surface area contributed by atoms with Crippen LogP contribution in [0, 0.1) is 6.92 Å². The molecule has 0 bridgehead atoms. The van der Waals surface area contributed by atoms with Crippen LogP contribution in [0.4, 0.5) is 5.82 Å². The van der Waals surface area contributed by atoms with Gasteiger partial charge in [0.05, 0.1) is 30.0 Å². The van der Waals surface area contributed by atoms with Crippen molar-refractivity contribution in [1.82, 2.24) is 9.78 Å². The van der Waals surface area contributed by atoms with E-state index in [-0.39, 0.29) is 5.91 Å². The first-order chi connectivity index (χ1) is 13.0. The average molecular weight is 381 g/mol. The van der Waals surface area contributed by atoms with E-state index in [1.54, 1.807) is 36.1 Å². The molecule has 27 heavy (non-hydrogen) atoms. The number of carbonyl (C=O) groups excluding carboxylic acids is 1. The normalized spacial score (nSPS) is 15.4. The van der Waals surface area contributed by atoms with Crippen molar-refractivity contribution in [2.24, 2.45) is 0 Å². The van der Waals surface area contributed by atoms with E-state index in [9.17, 15) is 9.00 Å². The van der Waals surface area contributed by atoms with Crippen molar-refractivity contribution in [3.63, 3.8) is 0 Å². The lowest BCUT2D eigenvalue weighted by atomic mass is 10.2.